The van der Waals surface area contributed by atoms with Crippen LogP contribution in [-0.4, -0.2) is 95.1 Å². The molecule has 0 radical (unpaired) electrons. The number of hydrogen-bond donors (Lipinski definition) is 1. The lowest BCUT2D eigenvalue weighted by Crippen LogP contribution is -2.57. The fraction of sp³-hybridized carbons (Fsp3) is 0.423. The molecule has 3 aliphatic heterocycles. The predicted octanol–water partition coefficient (Wildman–Crippen LogP) is 2.95. The van der Waals surface area contributed by atoms with Gasteiger partial charge in [-0.15, -0.1) is 0 Å². The van der Waals surface area contributed by atoms with Crippen LogP contribution in [0.4, 0.5) is 4.39 Å². The molecular weight excluding hydrogens is 503 g/mol. The van der Waals surface area contributed by atoms with Crippen LogP contribution >= 0.6 is 11.6 Å². The van der Waals surface area contributed by atoms with E-state index in [1.165, 1.54) is 24.3 Å². The van der Waals surface area contributed by atoms with Crippen LogP contribution in [0.5, 0.6) is 17.4 Å². The number of pyridine rings is 1. The van der Waals surface area contributed by atoms with Crippen molar-refractivity contribution in [3.8, 4) is 28.6 Å². The molecule has 1 aromatic heterocycles. The van der Waals surface area contributed by atoms with E-state index in [2.05, 4.69) is 16.5 Å². The maximum Gasteiger partial charge on any atom is 0.263 e. The Bertz CT molecular complexity index is 1230. The van der Waals surface area contributed by atoms with E-state index in [1.54, 1.807) is 9.80 Å². The summed E-state index contributed by atoms with van der Waals surface area (Å²) in [4.78, 5) is 36.0. The van der Waals surface area contributed by atoms with Crippen LogP contribution in [0.1, 0.15) is 23.2 Å². The standard InChI is InChI=1S/C26H28ClFN4O5/c1-3-19(34)31-11-12-32-15(13-31)14-36-24-21(26(32)35)25(37-16-7-9-30(2)10-8-16)29-23(22(24)27)20-17(28)5-4-6-18(20)33/h3-6,15-16,33H,1,7-14H2,2H3/t15-/m1/s1. The van der Waals surface area contributed by atoms with Crippen molar-refractivity contribution >= 4 is 23.4 Å². The number of phenols is 1. The molecule has 9 nitrogen and oxygen atoms in total. The molecule has 0 unspecified atom stereocenters. The zero-order valence-electron chi connectivity index (χ0n) is 20.5. The topological polar surface area (TPSA) is 95.4 Å². The summed E-state index contributed by atoms with van der Waals surface area (Å²) in [6.45, 7) is 6.12. The molecule has 0 spiro atoms. The Labute approximate surface area is 219 Å². The zero-order valence-corrected chi connectivity index (χ0v) is 21.2. The first-order valence-electron chi connectivity index (χ1n) is 12.2. The zero-order chi connectivity index (χ0) is 26.3. The molecule has 2 saturated heterocycles. The van der Waals surface area contributed by atoms with Crippen molar-refractivity contribution in [2.75, 3.05) is 46.4 Å². The van der Waals surface area contributed by atoms with Crippen LogP contribution in [-0.2, 0) is 4.79 Å². The summed E-state index contributed by atoms with van der Waals surface area (Å²) in [6.07, 6.45) is 2.46. The fourth-order valence-corrected chi connectivity index (χ4v) is 5.31. The average Bonchev–Trinajstić information content (AvgIpc) is 3.03. The highest BCUT2D eigenvalue weighted by Gasteiger charge is 2.41. The van der Waals surface area contributed by atoms with E-state index in [9.17, 15) is 19.1 Å². The lowest BCUT2D eigenvalue weighted by atomic mass is 10.1. The Balaban J connectivity index is 1.60. The van der Waals surface area contributed by atoms with Gasteiger partial charge in [-0.05, 0) is 38.1 Å². The van der Waals surface area contributed by atoms with E-state index in [1.807, 2.05) is 7.05 Å². The lowest BCUT2D eigenvalue weighted by molar-refractivity contribution is -0.128. The normalized spacial score (nSPS) is 20.5. The predicted molar refractivity (Wildman–Crippen MR) is 135 cm³/mol. The number of piperazine rings is 1. The third-order valence-electron chi connectivity index (χ3n) is 7.10. The summed E-state index contributed by atoms with van der Waals surface area (Å²) >= 11 is 6.70. The van der Waals surface area contributed by atoms with E-state index in [4.69, 9.17) is 21.1 Å². The lowest BCUT2D eigenvalue weighted by Gasteiger charge is -2.39. The minimum Gasteiger partial charge on any atom is -0.507 e. The van der Waals surface area contributed by atoms with Gasteiger partial charge in [-0.3, -0.25) is 9.59 Å². The molecule has 2 aromatic rings. The van der Waals surface area contributed by atoms with Crippen LogP contribution in [0.2, 0.25) is 5.02 Å². The molecule has 1 atom stereocenters. The van der Waals surface area contributed by atoms with Crippen LogP contribution in [0, 0.1) is 5.82 Å². The Morgan fingerprint density at radius 3 is 2.73 bits per heavy atom. The third kappa shape index (κ3) is 4.71. The van der Waals surface area contributed by atoms with Gasteiger partial charge in [0.2, 0.25) is 11.8 Å². The summed E-state index contributed by atoms with van der Waals surface area (Å²) in [7, 11) is 2.02. The van der Waals surface area contributed by atoms with Gasteiger partial charge in [0.05, 0.1) is 11.6 Å². The van der Waals surface area contributed by atoms with Gasteiger partial charge in [-0.2, -0.15) is 0 Å². The number of halogens is 2. The number of hydrogen-bond acceptors (Lipinski definition) is 7. The highest BCUT2D eigenvalue weighted by Crippen LogP contribution is 2.46. The van der Waals surface area contributed by atoms with E-state index >= 15 is 0 Å². The maximum absolute atomic E-state index is 14.9. The van der Waals surface area contributed by atoms with Gasteiger partial charge in [-0.1, -0.05) is 24.2 Å². The van der Waals surface area contributed by atoms with Crippen LogP contribution in [0.25, 0.3) is 11.3 Å². The summed E-state index contributed by atoms with van der Waals surface area (Å²) in [5.41, 5.74) is -0.214. The molecule has 4 heterocycles. The number of fused-ring (bicyclic) bond motifs is 2. The first-order chi connectivity index (χ1) is 17.8. The van der Waals surface area contributed by atoms with Crippen molar-refractivity contribution in [3.05, 3.63) is 47.3 Å². The van der Waals surface area contributed by atoms with E-state index in [0.717, 1.165) is 25.9 Å². The molecule has 1 N–H and O–H groups in total. The number of amides is 2. The number of rotatable bonds is 4. The van der Waals surface area contributed by atoms with Crippen LogP contribution in [0.15, 0.2) is 30.9 Å². The second kappa shape index (κ2) is 10.2. The van der Waals surface area contributed by atoms with Crippen molar-refractivity contribution in [1.29, 1.82) is 0 Å². The smallest absolute Gasteiger partial charge is 0.263 e. The Hall–Kier alpha value is -3.37. The van der Waals surface area contributed by atoms with E-state index in [0.29, 0.717) is 6.54 Å². The third-order valence-corrected chi connectivity index (χ3v) is 7.45. The molecule has 1 aromatic carbocycles. The average molecular weight is 531 g/mol. The highest BCUT2D eigenvalue weighted by atomic mass is 35.5. The summed E-state index contributed by atoms with van der Waals surface area (Å²) in [5.74, 6) is -1.67. The van der Waals surface area contributed by atoms with Crippen molar-refractivity contribution < 1.29 is 28.6 Å². The number of likely N-dealkylation sites (tertiary alicyclic amines) is 1. The molecule has 0 bridgehead atoms. The molecule has 5 rings (SSSR count). The molecule has 3 aliphatic rings. The molecule has 2 fully saturated rings. The van der Waals surface area contributed by atoms with Gasteiger partial charge in [-0.25, -0.2) is 9.37 Å². The van der Waals surface area contributed by atoms with Gasteiger partial charge in [0.25, 0.3) is 5.91 Å². The molecule has 37 heavy (non-hydrogen) atoms. The van der Waals surface area contributed by atoms with Crippen molar-refractivity contribution in [3.63, 3.8) is 0 Å². The Morgan fingerprint density at radius 2 is 2.03 bits per heavy atom. The minimum absolute atomic E-state index is 0.0122. The first kappa shape index (κ1) is 25.3. The number of carbonyl (C=O) groups excluding carboxylic acids is 2. The van der Waals surface area contributed by atoms with Crippen molar-refractivity contribution in [2.45, 2.75) is 25.0 Å². The van der Waals surface area contributed by atoms with Crippen molar-refractivity contribution in [2.24, 2.45) is 0 Å². The SMILES string of the molecule is C=CC(=O)N1CCN2C(=O)c3c(OC4CCN(C)CC4)nc(-c4c(O)cccc4F)c(Cl)c3OC[C@H]2C1. The number of ether oxygens (including phenoxy) is 2. The molecular formula is C26H28ClFN4O5. The van der Waals surface area contributed by atoms with Gasteiger partial charge >= 0.3 is 0 Å². The van der Waals surface area contributed by atoms with Crippen LogP contribution < -0.4 is 9.47 Å². The maximum atomic E-state index is 14.9. The van der Waals surface area contributed by atoms with Gasteiger partial charge in [0.1, 0.15) is 40.6 Å². The number of piperidine rings is 1. The van der Waals surface area contributed by atoms with Gasteiger partial charge < -0.3 is 29.3 Å². The van der Waals surface area contributed by atoms with E-state index < -0.39 is 11.9 Å². The Kier molecular flexibility index (Phi) is 6.96. The minimum atomic E-state index is -0.726. The van der Waals surface area contributed by atoms with Gasteiger partial charge in [0.15, 0.2) is 5.75 Å². The Morgan fingerprint density at radius 1 is 1.27 bits per heavy atom. The highest BCUT2D eigenvalue weighted by molar-refractivity contribution is 6.35. The number of phenolic OH excluding ortho intramolecular Hbond substituents is 1. The molecule has 2 amide bonds. The van der Waals surface area contributed by atoms with E-state index in [-0.39, 0.29) is 76.8 Å². The number of aromatic nitrogens is 1. The summed E-state index contributed by atoms with van der Waals surface area (Å²) in [5, 5.41) is 10.4. The number of aromatic hydroxyl groups is 1. The fourth-order valence-electron chi connectivity index (χ4n) is 5.02. The second-order valence-corrected chi connectivity index (χ2v) is 9.87. The molecule has 0 aliphatic carbocycles. The number of nitrogens with zero attached hydrogens (tertiary/aromatic N) is 4. The summed E-state index contributed by atoms with van der Waals surface area (Å²) in [6, 6.07) is 3.45. The molecule has 196 valence electrons. The van der Waals surface area contributed by atoms with Crippen molar-refractivity contribution in [1.82, 2.24) is 19.7 Å². The molecule has 11 heteroatoms. The van der Waals surface area contributed by atoms with Crippen LogP contribution in [0.3, 0.4) is 0 Å². The van der Waals surface area contributed by atoms with Gasteiger partial charge in [0, 0.05) is 32.7 Å². The number of benzene rings is 1. The largest absolute Gasteiger partial charge is 0.507 e. The second-order valence-electron chi connectivity index (χ2n) is 9.49. The quantitative estimate of drug-likeness (QED) is 0.607. The summed E-state index contributed by atoms with van der Waals surface area (Å²) < 4.78 is 27.2. The number of carbonyl (C=O) groups is 2. The first-order valence-corrected chi connectivity index (χ1v) is 12.6. The molecule has 0 saturated carbocycles. The monoisotopic (exact) mass is 530 g/mol.